The summed E-state index contributed by atoms with van der Waals surface area (Å²) >= 11 is 0. The van der Waals surface area contributed by atoms with Crippen LogP contribution in [0.3, 0.4) is 0 Å². The second kappa shape index (κ2) is 3.33. The normalized spacial score (nSPS) is 24.7. The number of hydrogen-bond donors (Lipinski definition) is 0. The third-order valence-corrected chi connectivity index (χ3v) is 3.43. The van der Waals surface area contributed by atoms with Gasteiger partial charge in [0, 0.05) is 12.7 Å². The first-order valence-electron chi connectivity index (χ1n) is 5.59. The van der Waals surface area contributed by atoms with E-state index in [2.05, 4.69) is 11.1 Å². The van der Waals surface area contributed by atoms with Gasteiger partial charge in [-0.1, -0.05) is 6.07 Å². The van der Waals surface area contributed by atoms with Crippen molar-refractivity contribution < 1.29 is 4.79 Å². The number of nitrogens with zero attached hydrogens (tertiary/aromatic N) is 2. The van der Waals surface area contributed by atoms with Crippen molar-refractivity contribution in [2.45, 2.75) is 31.7 Å². The first kappa shape index (κ1) is 8.89. The summed E-state index contributed by atoms with van der Waals surface area (Å²) in [6.07, 6.45) is 5.75. The highest BCUT2D eigenvalue weighted by Crippen LogP contribution is 2.35. The molecule has 2 aliphatic heterocycles. The number of carbonyl (C=O) groups excluding carboxylic acids is 1. The lowest BCUT2D eigenvalue weighted by atomic mass is 9.89. The molecule has 1 fully saturated rings. The predicted molar refractivity (Wildman–Crippen MR) is 56.2 cm³/mol. The minimum absolute atomic E-state index is 0.255. The summed E-state index contributed by atoms with van der Waals surface area (Å²) in [6.45, 7) is 0.928. The molecule has 1 atom stereocenters. The lowest BCUT2D eigenvalue weighted by Gasteiger charge is -2.39. The van der Waals surface area contributed by atoms with Crippen molar-refractivity contribution in [2.24, 2.45) is 0 Å². The van der Waals surface area contributed by atoms with E-state index in [1.54, 1.807) is 6.20 Å². The molecule has 3 rings (SSSR count). The predicted octanol–water partition coefficient (Wildman–Crippen LogP) is 1.69. The average molecular weight is 202 g/mol. The van der Waals surface area contributed by atoms with E-state index in [0.717, 1.165) is 25.1 Å². The molecule has 3 nitrogen and oxygen atoms in total. The van der Waals surface area contributed by atoms with E-state index in [-0.39, 0.29) is 5.91 Å². The summed E-state index contributed by atoms with van der Waals surface area (Å²) in [5, 5.41) is 0. The van der Waals surface area contributed by atoms with Gasteiger partial charge < -0.3 is 4.90 Å². The van der Waals surface area contributed by atoms with Crippen molar-refractivity contribution in [3.05, 3.63) is 29.6 Å². The van der Waals surface area contributed by atoms with Crippen molar-refractivity contribution in [3.8, 4) is 0 Å². The van der Waals surface area contributed by atoms with Crippen molar-refractivity contribution in [1.29, 1.82) is 0 Å². The summed E-state index contributed by atoms with van der Waals surface area (Å²) in [5.74, 6) is 0.255. The van der Waals surface area contributed by atoms with E-state index >= 15 is 0 Å². The van der Waals surface area contributed by atoms with Crippen LogP contribution in [0, 0.1) is 0 Å². The standard InChI is InChI=1S/C12H14N2O/c15-12-8-10-9(4-3-6-13-10)11-5-1-2-7-14(11)12/h3-4,6,11H,1-2,5,7-8H2/t11-/m0/s1. The Hall–Kier alpha value is -1.38. The van der Waals surface area contributed by atoms with E-state index in [1.807, 2.05) is 11.0 Å². The SMILES string of the molecule is O=C1Cc2ncccc2[C@@H]2CCCCN12. The summed E-state index contributed by atoms with van der Waals surface area (Å²) in [5.41, 5.74) is 2.27. The number of rotatable bonds is 0. The number of amides is 1. The minimum atomic E-state index is 0.255. The number of hydrogen-bond acceptors (Lipinski definition) is 2. The maximum atomic E-state index is 11.9. The number of carbonyl (C=O) groups is 1. The molecule has 1 saturated heterocycles. The van der Waals surface area contributed by atoms with Gasteiger partial charge in [-0.15, -0.1) is 0 Å². The zero-order chi connectivity index (χ0) is 10.3. The third-order valence-electron chi connectivity index (χ3n) is 3.43. The van der Waals surface area contributed by atoms with Crippen LogP contribution in [0.15, 0.2) is 18.3 Å². The van der Waals surface area contributed by atoms with Crippen LogP contribution >= 0.6 is 0 Å². The molecular weight excluding hydrogens is 188 g/mol. The molecule has 0 saturated carbocycles. The number of aromatic nitrogens is 1. The molecule has 1 amide bonds. The van der Waals surface area contributed by atoms with Gasteiger partial charge in [-0.2, -0.15) is 0 Å². The molecule has 0 aliphatic carbocycles. The van der Waals surface area contributed by atoms with Gasteiger partial charge in [-0.25, -0.2) is 0 Å². The van der Waals surface area contributed by atoms with Crippen molar-refractivity contribution in [2.75, 3.05) is 6.54 Å². The number of fused-ring (bicyclic) bond motifs is 3. The van der Waals surface area contributed by atoms with Crippen LogP contribution < -0.4 is 0 Å². The van der Waals surface area contributed by atoms with E-state index in [9.17, 15) is 4.79 Å². The third kappa shape index (κ3) is 1.34. The Labute approximate surface area is 89.1 Å². The summed E-state index contributed by atoms with van der Waals surface area (Å²) in [7, 11) is 0. The van der Waals surface area contributed by atoms with Crippen molar-refractivity contribution >= 4 is 5.91 Å². The Balaban J connectivity index is 2.06. The van der Waals surface area contributed by atoms with Crippen molar-refractivity contribution in [3.63, 3.8) is 0 Å². The maximum absolute atomic E-state index is 11.9. The Kier molecular flexibility index (Phi) is 1.97. The van der Waals surface area contributed by atoms with E-state index in [0.29, 0.717) is 12.5 Å². The smallest absolute Gasteiger partial charge is 0.229 e. The van der Waals surface area contributed by atoms with Gasteiger partial charge in [0.05, 0.1) is 18.2 Å². The number of pyridine rings is 1. The summed E-state index contributed by atoms with van der Waals surface area (Å²) < 4.78 is 0. The van der Waals surface area contributed by atoms with Crippen LogP contribution in [0.5, 0.6) is 0 Å². The van der Waals surface area contributed by atoms with Crippen molar-refractivity contribution in [1.82, 2.24) is 9.88 Å². The van der Waals surface area contributed by atoms with Crippen LogP contribution in [0.4, 0.5) is 0 Å². The highest BCUT2D eigenvalue weighted by atomic mass is 16.2. The fraction of sp³-hybridized carbons (Fsp3) is 0.500. The molecule has 0 radical (unpaired) electrons. The highest BCUT2D eigenvalue weighted by Gasteiger charge is 2.34. The van der Waals surface area contributed by atoms with Crippen LogP contribution in [0.25, 0.3) is 0 Å². The first-order valence-corrected chi connectivity index (χ1v) is 5.59. The molecule has 1 aromatic heterocycles. The van der Waals surface area contributed by atoms with Gasteiger partial charge in [-0.3, -0.25) is 9.78 Å². The lowest BCUT2D eigenvalue weighted by molar-refractivity contribution is -0.135. The fourth-order valence-corrected chi connectivity index (χ4v) is 2.70. The minimum Gasteiger partial charge on any atom is -0.335 e. The van der Waals surface area contributed by atoms with Gasteiger partial charge in [0.15, 0.2) is 0 Å². The van der Waals surface area contributed by atoms with Gasteiger partial charge in [0.2, 0.25) is 5.91 Å². The zero-order valence-electron chi connectivity index (χ0n) is 8.65. The van der Waals surface area contributed by atoms with E-state index in [1.165, 1.54) is 12.0 Å². The lowest BCUT2D eigenvalue weighted by Crippen LogP contribution is -2.43. The highest BCUT2D eigenvalue weighted by molar-refractivity contribution is 5.81. The fourth-order valence-electron chi connectivity index (χ4n) is 2.70. The molecular formula is C12H14N2O. The van der Waals surface area contributed by atoms with E-state index < -0.39 is 0 Å². The molecule has 0 N–H and O–H groups in total. The van der Waals surface area contributed by atoms with Crippen LogP contribution in [0.2, 0.25) is 0 Å². The number of piperidine rings is 1. The van der Waals surface area contributed by atoms with Gasteiger partial charge in [0.1, 0.15) is 0 Å². The van der Waals surface area contributed by atoms with Crippen LogP contribution in [0.1, 0.15) is 36.6 Å². The summed E-state index contributed by atoms with van der Waals surface area (Å²) in [6, 6.07) is 4.41. The largest absolute Gasteiger partial charge is 0.335 e. The van der Waals surface area contributed by atoms with E-state index in [4.69, 9.17) is 0 Å². The molecule has 0 aromatic carbocycles. The van der Waals surface area contributed by atoms with Gasteiger partial charge in [0.25, 0.3) is 0 Å². The molecule has 0 unspecified atom stereocenters. The molecule has 78 valence electrons. The first-order chi connectivity index (χ1) is 7.36. The molecule has 3 heterocycles. The second-order valence-electron chi connectivity index (χ2n) is 4.31. The molecule has 1 aromatic rings. The Bertz CT molecular complexity index is 402. The molecule has 3 heteroatoms. The van der Waals surface area contributed by atoms with Crippen LogP contribution in [-0.4, -0.2) is 22.3 Å². The Morgan fingerprint density at radius 3 is 3.27 bits per heavy atom. The maximum Gasteiger partial charge on any atom is 0.229 e. The van der Waals surface area contributed by atoms with Gasteiger partial charge >= 0.3 is 0 Å². The molecule has 15 heavy (non-hydrogen) atoms. The molecule has 0 spiro atoms. The quantitative estimate of drug-likeness (QED) is 0.641. The Morgan fingerprint density at radius 2 is 2.33 bits per heavy atom. The monoisotopic (exact) mass is 202 g/mol. The molecule has 2 aliphatic rings. The average Bonchev–Trinajstić information content (AvgIpc) is 2.30. The van der Waals surface area contributed by atoms with Gasteiger partial charge in [-0.05, 0) is 30.9 Å². The zero-order valence-corrected chi connectivity index (χ0v) is 8.65. The molecule has 0 bridgehead atoms. The summed E-state index contributed by atoms with van der Waals surface area (Å²) in [4.78, 5) is 18.2. The second-order valence-corrected chi connectivity index (χ2v) is 4.31. The Morgan fingerprint density at radius 1 is 1.40 bits per heavy atom. The van der Waals surface area contributed by atoms with Crippen LogP contribution in [-0.2, 0) is 11.2 Å². The topological polar surface area (TPSA) is 33.2 Å².